The average Bonchev–Trinajstić information content (AvgIpc) is 2.57. The van der Waals surface area contributed by atoms with Gasteiger partial charge in [0.25, 0.3) is 0 Å². The van der Waals surface area contributed by atoms with Crippen molar-refractivity contribution >= 4 is 35.8 Å². The normalized spacial score (nSPS) is 16.5. The SMILES string of the molecule is CN=C(NCCNC(=O)C(C)C)NC1CCOc2ccccc21.I. The van der Waals surface area contributed by atoms with E-state index in [1.165, 1.54) is 0 Å². The molecule has 1 aromatic rings. The molecule has 134 valence electrons. The highest BCUT2D eigenvalue weighted by Crippen LogP contribution is 2.31. The minimum Gasteiger partial charge on any atom is -0.493 e. The molecule has 3 N–H and O–H groups in total. The number of amides is 1. The molecule has 1 aliphatic rings. The van der Waals surface area contributed by atoms with E-state index in [-0.39, 0.29) is 41.8 Å². The van der Waals surface area contributed by atoms with Gasteiger partial charge in [0, 0.05) is 38.0 Å². The van der Waals surface area contributed by atoms with Crippen LogP contribution in [0.15, 0.2) is 29.3 Å². The number of rotatable bonds is 5. The first-order valence-corrected chi connectivity index (χ1v) is 8.08. The summed E-state index contributed by atoms with van der Waals surface area (Å²) in [6, 6.07) is 8.23. The lowest BCUT2D eigenvalue weighted by Gasteiger charge is -2.28. The van der Waals surface area contributed by atoms with E-state index in [1.54, 1.807) is 7.05 Å². The number of nitrogens with zero attached hydrogens (tertiary/aromatic N) is 1. The highest BCUT2D eigenvalue weighted by Gasteiger charge is 2.21. The van der Waals surface area contributed by atoms with Crippen LogP contribution in [0.3, 0.4) is 0 Å². The summed E-state index contributed by atoms with van der Waals surface area (Å²) in [5.41, 5.74) is 1.15. The molecule has 0 radical (unpaired) electrons. The smallest absolute Gasteiger partial charge is 0.222 e. The van der Waals surface area contributed by atoms with E-state index < -0.39 is 0 Å². The Bertz CT molecular complexity index is 563. The van der Waals surface area contributed by atoms with Crippen LogP contribution in [0.2, 0.25) is 0 Å². The van der Waals surface area contributed by atoms with Gasteiger partial charge in [0.2, 0.25) is 5.91 Å². The minimum absolute atomic E-state index is 0. The molecule has 6 nitrogen and oxygen atoms in total. The predicted octanol–water partition coefficient (Wildman–Crippen LogP) is 2.07. The quantitative estimate of drug-likeness (QED) is 0.280. The van der Waals surface area contributed by atoms with Crippen LogP contribution in [0.5, 0.6) is 5.75 Å². The minimum atomic E-state index is 0. The number of guanidine groups is 1. The van der Waals surface area contributed by atoms with E-state index in [9.17, 15) is 4.79 Å². The number of para-hydroxylation sites is 1. The Morgan fingerprint density at radius 3 is 2.71 bits per heavy atom. The molecule has 7 heteroatoms. The third kappa shape index (κ3) is 5.85. The predicted molar refractivity (Wildman–Crippen MR) is 107 cm³/mol. The summed E-state index contributed by atoms with van der Waals surface area (Å²) in [6.45, 7) is 5.65. The van der Waals surface area contributed by atoms with Gasteiger partial charge in [-0.05, 0) is 6.07 Å². The van der Waals surface area contributed by atoms with Crippen molar-refractivity contribution in [1.29, 1.82) is 0 Å². The molecule has 2 rings (SSSR count). The molecule has 24 heavy (non-hydrogen) atoms. The lowest BCUT2D eigenvalue weighted by atomic mass is 10.0. The van der Waals surface area contributed by atoms with Crippen molar-refractivity contribution in [2.75, 3.05) is 26.7 Å². The Labute approximate surface area is 160 Å². The Hall–Kier alpha value is -1.51. The average molecular weight is 446 g/mol. The molecular weight excluding hydrogens is 419 g/mol. The maximum atomic E-state index is 11.5. The zero-order chi connectivity index (χ0) is 16.7. The summed E-state index contributed by atoms with van der Waals surface area (Å²) in [7, 11) is 1.74. The fourth-order valence-corrected chi connectivity index (χ4v) is 2.42. The van der Waals surface area contributed by atoms with E-state index in [0.29, 0.717) is 19.7 Å². The highest BCUT2D eigenvalue weighted by atomic mass is 127. The first-order valence-electron chi connectivity index (χ1n) is 8.08. The number of aliphatic imine (C=N–C) groups is 1. The Morgan fingerprint density at radius 2 is 2.00 bits per heavy atom. The van der Waals surface area contributed by atoms with Gasteiger partial charge in [0.15, 0.2) is 5.96 Å². The molecule has 0 fully saturated rings. The summed E-state index contributed by atoms with van der Waals surface area (Å²) in [4.78, 5) is 15.8. The second-order valence-electron chi connectivity index (χ2n) is 5.82. The number of hydrogen-bond donors (Lipinski definition) is 3. The van der Waals surface area contributed by atoms with Crippen LogP contribution in [0, 0.1) is 5.92 Å². The Kier molecular flexibility index (Phi) is 8.88. The van der Waals surface area contributed by atoms with E-state index in [2.05, 4.69) is 27.0 Å². The number of benzene rings is 1. The number of hydrogen-bond acceptors (Lipinski definition) is 3. The van der Waals surface area contributed by atoms with Crippen LogP contribution < -0.4 is 20.7 Å². The standard InChI is InChI=1S/C17H26N4O2.HI/c1-12(2)16(22)19-9-10-20-17(18-3)21-14-8-11-23-15-7-5-4-6-13(14)15;/h4-7,12,14H,8-11H2,1-3H3,(H,19,22)(H2,18,20,21);1H. The first-order chi connectivity index (χ1) is 11.1. The summed E-state index contributed by atoms with van der Waals surface area (Å²) in [6.07, 6.45) is 0.891. The van der Waals surface area contributed by atoms with Crippen molar-refractivity contribution in [1.82, 2.24) is 16.0 Å². The topological polar surface area (TPSA) is 74.8 Å². The fraction of sp³-hybridized carbons (Fsp3) is 0.529. The van der Waals surface area contributed by atoms with Gasteiger partial charge >= 0.3 is 0 Å². The maximum Gasteiger partial charge on any atom is 0.222 e. The zero-order valence-corrected chi connectivity index (χ0v) is 16.8. The molecule has 0 saturated heterocycles. The van der Waals surface area contributed by atoms with Gasteiger partial charge in [0.1, 0.15) is 5.75 Å². The van der Waals surface area contributed by atoms with Gasteiger partial charge < -0.3 is 20.7 Å². The third-order valence-electron chi connectivity index (χ3n) is 3.73. The molecule has 0 aromatic heterocycles. The van der Waals surface area contributed by atoms with Crippen molar-refractivity contribution < 1.29 is 9.53 Å². The second-order valence-corrected chi connectivity index (χ2v) is 5.82. The molecule has 1 aromatic carbocycles. The van der Waals surface area contributed by atoms with E-state index in [4.69, 9.17) is 4.74 Å². The van der Waals surface area contributed by atoms with Crippen molar-refractivity contribution in [3.8, 4) is 5.75 Å². The number of carbonyl (C=O) groups is 1. The lowest BCUT2D eigenvalue weighted by molar-refractivity contribution is -0.123. The van der Waals surface area contributed by atoms with E-state index in [0.717, 1.165) is 23.7 Å². The van der Waals surface area contributed by atoms with Gasteiger partial charge in [-0.2, -0.15) is 0 Å². The van der Waals surface area contributed by atoms with E-state index in [1.807, 2.05) is 32.0 Å². The summed E-state index contributed by atoms with van der Waals surface area (Å²) in [5.74, 6) is 1.72. The van der Waals surface area contributed by atoms with Crippen molar-refractivity contribution in [3.05, 3.63) is 29.8 Å². The lowest BCUT2D eigenvalue weighted by Crippen LogP contribution is -2.44. The van der Waals surface area contributed by atoms with Gasteiger partial charge in [-0.1, -0.05) is 32.0 Å². The summed E-state index contributed by atoms with van der Waals surface area (Å²) in [5, 5.41) is 9.52. The number of carbonyl (C=O) groups excluding carboxylic acids is 1. The molecule has 1 heterocycles. The summed E-state index contributed by atoms with van der Waals surface area (Å²) >= 11 is 0. The monoisotopic (exact) mass is 446 g/mol. The second kappa shape index (κ2) is 10.4. The number of nitrogens with one attached hydrogen (secondary N) is 3. The molecular formula is C17H27IN4O2. The number of fused-ring (bicyclic) bond motifs is 1. The fourth-order valence-electron chi connectivity index (χ4n) is 2.42. The maximum absolute atomic E-state index is 11.5. The third-order valence-corrected chi connectivity index (χ3v) is 3.73. The molecule has 1 atom stereocenters. The van der Waals surface area contributed by atoms with Gasteiger partial charge in [-0.25, -0.2) is 0 Å². The van der Waals surface area contributed by atoms with Crippen LogP contribution in [0.4, 0.5) is 0 Å². The molecule has 1 aliphatic heterocycles. The van der Waals surface area contributed by atoms with Gasteiger partial charge in [-0.15, -0.1) is 24.0 Å². The van der Waals surface area contributed by atoms with Crippen LogP contribution in [0.1, 0.15) is 31.9 Å². The Morgan fingerprint density at radius 1 is 1.29 bits per heavy atom. The zero-order valence-electron chi connectivity index (χ0n) is 14.5. The van der Waals surface area contributed by atoms with Crippen LogP contribution in [0.25, 0.3) is 0 Å². The molecule has 1 unspecified atom stereocenters. The first kappa shape index (κ1) is 20.5. The van der Waals surface area contributed by atoms with Crippen LogP contribution >= 0.6 is 24.0 Å². The molecule has 0 saturated carbocycles. The van der Waals surface area contributed by atoms with Crippen molar-refractivity contribution in [2.45, 2.75) is 26.3 Å². The van der Waals surface area contributed by atoms with Crippen LogP contribution in [-0.2, 0) is 4.79 Å². The Balaban J connectivity index is 0.00000288. The van der Waals surface area contributed by atoms with Crippen molar-refractivity contribution in [3.63, 3.8) is 0 Å². The van der Waals surface area contributed by atoms with E-state index >= 15 is 0 Å². The van der Waals surface area contributed by atoms with Gasteiger partial charge in [-0.3, -0.25) is 9.79 Å². The van der Waals surface area contributed by atoms with Crippen molar-refractivity contribution in [2.24, 2.45) is 10.9 Å². The molecule has 0 spiro atoms. The largest absolute Gasteiger partial charge is 0.493 e. The molecule has 1 amide bonds. The number of ether oxygens (including phenoxy) is 1. The summed E-state index contributed by atoms with van der Waals surface area (Å²) < 4.78 is 5.67. The van der Waals surface area contributed by atoms with Crippen LogP contribution in [-0.4, -0.2) is 38.6 Å². The highest BCUT2D eigenvalue weighted by molar-refractivity contribution is 14.0. The van der Waals surface area contributed by atoms with Gasteiger partial charge in [0.05, 0.1) is 12.6 Å². The molecule has 0 bridgehead atoms. The molecule has 0 aliphatic carbocycles. The number of halogens is 1.